The van der Waals surface area contributed by atoms with Crippen LogP contribution in [0, 0.1) is 5.92 Å². The van der Waals surface area contributed by atoms with Crippen molar-refractivity contribution < 1.29 is 4.74 Å². The smallest absolute Gasteiger partial charge is 0.122 e. The Bertz CT molecular complexity index is 421. The minimum atomic E-state index is 0.755. The van der Waals surface area contributed by atoms with Crippen LogP contribution in [0.2, 0.25) is 0 Å². The highest BCUT2D eigenvalue weighted by Gasteiger charge is 2.36. The molecule has 2 aliphatic rings. The number of hydrogen-bond acceptors (Lipinski definition) is 3. The van der Waals surface area contributed by atoms with Crippen molar-refractivity contribution in [2.24, 2.45) is 5.92 Å². The predicted molar refractivity (Wildman–Crippen MR) is 77.7 cm³/mol. The van der Waals surface area contributed by atoms with E-state index in [0.717, 1.165) is 43.8 Å². The quantitative estimate of drug-likeness (QED) is 0.875. The summed E-state index contributed by atoms with van der Waals surface area (Å²) < 4.78 is 5.98. The monoisotopic (exact) mass is 260 g/mol. The number of aryl methyl sites for hydroxylation is 1. The van der Waals surface area contributed by atoms with Crippen LogP contribution in [0.15, 0.2) is 24.3 Å². The predicted octanol–water partition coefficient (Wildman–Crippen LogP) is 1.92. The zero-order valence-electron chi connectivity index (χ0n) is 11.8. The summed E-state index contributed by atoms with van der Waals surface area (Å²) in [4.78, 5) is 2.60. The minimum Gasteiger partial charge on any atom is -0.492 e. The molecule has 1 aromatic carbocycles. The standard InChI is InChI=1S/C16H24N2O/c1-2-13-5-3-4-6-16(13)19-10-9-18-8-7-14-11-17-12-15(14)18/h3-6,14-15,17H,2,7-12H2,1H3/t14-,15+/m0/s1. The average molecular weight is 260 g/mol. The summed E-state index contributed by atoms with van der Waals surface area (Å²) in [6.07, 6.45) is 2.39. The molecule has 0 aliphatic carbocycles. The Morgan fingerprint density at radius 3 is 3.11 bits per heavy atom. The number of nitrogens with zero attached hydrogens (tertiary/aromatic N) is 1. The highest BCUT2D eigenvalue weighted by Crippen LogP contribution is 2.26. The molecule has 2 heterocycles. The van der Waals surface area contributed by atoms with E-state index in [-0.39, 0.29) is 0 Å². The molecule has 0 amide bonds. The molecule has 1 aromatic rings. The van der Waals surface area contributed by atoms with Crippen molar-refractivity contribution in [3.05, 3.63) is 29.8 Å². The van der Waals surface area contributed by atoms with Crippen LogP contribution in [0.3, 0.4) is 0 Å². The van der Waals surface area contributed by atoms with Gasteiger partial charge >= 0.3 is 0 Å². The normalized spacial score (nSPS) is 26.6. The highest BCUT2D eigenvalue weighted by molar-refractivity contribution is 5.33. The first-order chi connectivity index (χ1) is 9.38. The van der Waals surface area contributed by atoms with E-state index in [2.05, 4.69) is 41.4 Å². The molecule has 0 radical (unpaired) electrons. The topological polar surface area (TPSA) is 24.5 Å². The molecule has 19 heavy (non-hydrogen) atoms. The summed E-state index contributed by atoms with van der Waals surface area (Å²) in [5, 5.41) is 3.50. The fraction of sp³-hybridized carbons (Fsp3) is 0.625. The Labute approximate surface area is 115 Å². The second-order valence-corrected chi connectivity index (χ2v) is 5.62. The van der Waals surface area contributed by atoms with Gasteiger partial charge in [-0.25, -0.2) is 0 Å². The molecule has 2 saturated heterocycles. The fourth-order valence-corrected chi connectivity index (χ4v) is 3.43. The van der Waals surface area contributed by atoms with Gasteiger partial charge in [-0.05, 0) is 43.5 Å². The van der Waals surface area contributed by atoms with Gasteiger partial charge in [-0.2, -0.15) is 0 Å². The maximum absolute atomic E-state index is 5.98. The van der Waals surface area contributed by atoms with Gasteiger partial charge in [-0.1, -0.05) is 25.1 Å². The highest BCUT2D eigenvalue weighted by atomic mass is 16.5. The van der Waals surface area contributed by atoms with Crippen LogP contribution >= 0.6 is 0 Å². The van der Waals surface area contributed by atoms with Gasteiger partial charge in [0.15, 0.2) is 0 Å². The van der Waals surface area contributed by atoms with Crippen LogP contribution in [-0.4, -0.2) is 43.7 Å². The van der Waals surface area contributed by atoms with Crippen molar-refractivity contribution >= 4 is 0 Å². The molecule has 1 N–H and O–H groups in total. The molecule has 0 unspecified atom stereocenters. The number of nitrogens with one attached hydrogen (secondary N) is 1. The molecular weight excluding hydrogens is 236 g/mol. The lowest BCUT2D eigenvalue weighted by Gasteiger charge is -2.23. The SMILES string of the molecule is CCc1ccccc1OCCN1CC[C@H]2CNC[C@H]21. The van der Waals surface area contributed by atoms with Gasteiger partial charge in [0, 0.05) is 19.1 Å². The number of likely N-dealkylation sites (tertiary alicyclic amines) is 1. The molecule has 3 rings (SSSR count). The molecule has 2 atom stereocenters. The Balaban J connectivity index is 1.50. The van der Waals surface area contributed by atoms with E-state index in [0.29, 0.717) is 0 Å². The van der Waals surface area contributed by atoms with Crippen molar-refractivity contribution in [2.75, 3.05) is 32.8 Å². The molecule has 0 bridgehead atoms. The zero-order chi connectivity index (χ0) is 13.1. The summed E-state index contributed by atoms with van der Waals surface area (Å²) >= 11 is 0. The van der Waals surface area contributed by atoms with Gasteiger partial charge in [0.05, 0.1) is 0 Å². The number of para-hydroxylation sites is 1. The van der Waals surface area contributed by atoms with E-state index < -0.39 is 0 Å². The lowest BCUT2D eigenvalue weighted by molar-refractivity contribution is 0.195. The number of ether oxygens (including phenoxy) is 1. The number of benzene rings is 1. The van der Waals surface area contributed by atoms with Gasteiger partial charge in [0.1, 0.15) is 12.4 Å². The van der Waals surface area contributed by atoms with Gasteiger partial charge in [-0.15, -0.1) is 0 Å². The Morgan fingerprint density at radius 2 is 2.21 bits per heavy atom. The van der Waals surface area contributed by atoms with Crippen molar-refractivity contribution in [1.82, 2.24) is 10.2 Å². The van der Waals surface area contributed by atoms with Crippen LogP contribution in [0.1, 0.15) is 18.9 Å². The number of hydrogen-bond donors (Lipinski definition) is 1. The largest absolute Gasteiger partial charge is 0.492 e. The van der Waals surface area contributed by atoms with E-state index in [9.17, 15) is 0 Å². The Morgan fingerprint density at radius 1 is 1.32 bits per heavy atom. The Hall–Kier alpha value is -1.06. The summed E-state index contributed by atoms with van der Waals surface area (Å²) in [6, 6.07) is 9.14. The first-order valence-electron chi connectivity index (χ1n) is 7.54. The van der Waals surface area contributed by atoms with E-state index in [1.165, 1.54) is 25.1 Å². The summed E-state index contributed by atoms with van der Waals surface area (Å²) in [6.45, 7) is 7.66. The lowest BCUT2D eigenvalue weighted by Crippen LogP contribution is -2.37. The summed E-state index contributed by atoms with van der Waals surface area (Å²) in [5.41, 5.74) is 1.31. The lowest BCUT2D eigenvalue weighted by atomic mass is 10.1. The summed E-state index contributed by atoms with van der Waals surface area (Å²) in [5.74, 6) is 1.94. The summed E-state index contributed by atoms with van der Waals surface area (Å²) in [7, 11) is 0. The molecule has 2 aliphatic heterocycles. The number of rotatable bonds is 5. The maximum Gasteiger partial charge on any atom is 0.122 e. The van der Waals surface area contributed by atoms with E-state index in [4.69, 9.17) is 4.74 Å². The zero-order valence-corrected chi connectivity index (χ0v) is 11.8. The van der Waals surface area contributed by atoms with Crippen LogP contribution in [-0.2, 0) is 6.42 Å². The maximum atomic E-state index is 5.98. The molecule has 0 aromatic heterocycles. The third-order valence-corrected chi connectivity index (χ3v) is 4.55. The molecule has 3 heteroatoms. The van der Waals surface area contributed by atoms with Gasteiger partial charge < -0.3 is 10.1 Å². The third-order valence-electron chi connectivity index (χ3n) is 4.55. The molecule has 104 valence electrons. The van der Waals surface area contributed by atoms with Crippen LogP contribution in [0.5, 0.6) is 5.75 Å². The second-order valence-electron chi connectivity index (χ2n) is 5.62. The third kappa shape index (κ3) is 2.77. The van der Waals surface area contributed by atoms with Crippen LogP contribution in [0.4, 0.5) is 0 Å². The van der Waals surface area contributed by atoms with E-state index >= 15 is 0 Å². The van der Waals surface area contributed by atoms with Crippen molar-refractivity contribution in [1.29, 1.82) is 0 Å². The molecule has 2 fully saturated rings. The van der Waals surface area contributed by atoms with E-state index in [1.807, 2.05) is 0 Å². The van der Waals surface area contributed by atoms with Gasteiger partial charge in [0.2, 0.25) is 0 Å². The molecular formula is C16H24N2O. The minimum absolute atomic E-state index is 0.755. The van der Waals surface area contributed by atoms with Gasteiger partial charge in [0.25, 0.3) is 0 Å². The first kappa shape index (κ1) is 12.9. The van der Waals surface area contributed by atoms with Crippen LogP contribution < -0.4 is 10.1 Å². The van der Waals surface area contributed by atoms with Gasteiger partial charge in [-0.3, -0.25) is 4.90 Å². The molecule has 0 saturated carbocycles. The van der Waals surface area contributed by atoms with E-state index in [1.54, 1.807) is 0 Å². The van der Waals surface area contributed by atoms with Crippen LogP contribution in [0.25, 0.3) is 0 Å². The number of fused-ring (bicyclic) bond motifs is 1. The second kappa shape index (κ2) is 5.93. The fourth-order valence-electron chi connectivity index (χ4n) is 3.43. The molecule has 3 nitrogen and oxygen atoms in total. The van der Waals surface area contributed by atoms with Crippen molar-refractivity contribution in [2.45, 2.75) is 25.8 Å². The molecule has 0 spiro atoms. The Kier molecular flexibility index (Phi) is 4.04. The van der Waals surface area contributed by atoms with Crippen molar-refractivity contribution in [3.63, 3.8) is 0 Å². The average Bonchev–Trinajstić information content (AvgIpc) is 3.04. The van der Waals surface area contributed by atoms with Crippen molar-refractivity contribution in [3.8, 4) is 5.75 Å². The first-order valence-corrected chi connectivity index (χ1v) is 7.54.